The van der Waals surface area contributed by atoms with Gasteiger partial charge in [-0.3, -0.25) is 19.2 Å². The molecule has 8 nitrogen and oxygen atoms in total. The predicted octanol–water partition coefficient (Wildman–Crippen LogP) is 1.04. The van der Waals surface area contributed by atoms with Gasteiger partial charge in [-0.25, -0.2) is 0 Å². The zero-order valence-corrected chi connectivity index (χ0v) is 16.7. The van der Waals surface area contributed by atoms with Gasteiger partial charge in [0.1, 0.15) is 0 Å². The lowest BCUT2D eigenvalue weighted by molar-refractivity contribution is -0.148. The molecule has 0 aromatic carbocycles. The van der Waals surface area contributed by atoms with Crippen LogP contribution in [0.25, 0.3) is 0 Å². The van der Waals surface area contributed by atoms with E-state index in [1.165, 1.54) is 0 Å². The minimum Gasteiger partial charge on any atom is -0.481 e. The van der Waals surface area contributed by atoms with E-state index < -0.39 is 35.6 Å². The third-order valence-corrected chi connectivity index (χ3v) is 7.30. The maximum absolute atomic E-state index is 12.5. The molecule has 4 rings (SSSR count). The Morgan fingerprint density at radius 1 is 0.633 bits per heavy atom. The first-order valence-electron chi connectivity index (χ1n) is 10.8. The fourth-order valence-electron chi connectivity index (χ4n) is 5.94. The number of nitrogens with one attached hydrogen (secondary N) is 2. The van der Waals surface area contributed by atoms with Crippen molar-refractivity contribution in [3.8, 4) is 0 Å². The Kier molecular flexibility index (Phi) is 5.66. The average Bonchev–Trinajstić information content (AvgIpc) is 3.48. The van der Waals surface area contributed by atoms with Gasteiger partial charge in [0.05, 0.1) is 23.7 Å². The molecular formula is C22H28N2O6. The minimum absolute atomic E-state index is 0.00774. The fourth-order valence-corrected chi connectivity index (χ4v) is 5.94. The number of allylic oxidation sites excluding steroid dienone is 4. The Hall–Kier alpha value is -2.64. The Morgan fingerprint density at radius 2 is 0.967 bits per heavy atom. The van der Waals surface area contributed by atoms with E-state index >= 15 is 0 Å². The van der Waals surface area contributed by atoms with Crippen molar-refractivity contribution in [3.05, 3.63) is 24.3 Å². The Morgan fingerprint density at radius 3 is 1.30 bits per heavy atom. The van der Waals surface area contributed by atoms with Crippen LogP contribution < -0.4 is 10.6 Å². The van der Waals surface area contributed by atoms with Crippen molar-refractivity contribution in [2.24, 2.45) is 47.3 Å². The average molecular weight is 416 g/mol. The maximum atomic E-state index is 12.5. The van der Waals surface area contributed by atoms with E-state index in [0.717, 1.165) is 12.8 Å². The quantitative estimate of drug-likeness (QED) is 0.328. The standard InChI is InChI=1S/C22H28N2O6/c25-19(15-11-3-5-13(9-11)17(15)21(27)28)23-7-1-2-8-24-20(26)16-12-4-6-14(10-12)18(16)22(29)30/h3-6,11-18H,1-2,7-10H2,(H,23,25)(H,24,26)(H,27,28)(H,29,30)/t11-,12-,13-,14-,15-,16-,17-,18+/m0/s1. The summed E-state index contributed by atoms with van der Waals surface area (Å²) in [6.07, 6.45) is 10.5. The molecule has 0 unspecified atom stereocenters. The van der Waals surface area contributed by atoms with E-state index in [1.54, 1.807) is 0 Å². The van der Waals surface area contributed by atoms with Crippen LogP contribution in [-0.4, -0.2) is 47.1 Å². The summed E-state index contributed by atoms with van der Waals surface area (Å²) in [5, 5.41) is 24.6. The summed E-state index contributed by atoms with van der Waals surface area (Å²) in [6.45, 7) is 0.848. The summed E-state index contributed by atoms with van der Waals surface area (Å²) < 4.78 is 0. The van der Waals surface area contributed by atoms with Crippen LogP contribution in [-0.2, 0) is 19.2 Å². The maximum Gasteiger partial charge on any atom is 0.307 e. The number of unbranched alkanes of at least 4 members (excludes halogenated alkanes) is 1. The summed E-state index contributed by atoms with van der Waals surface area (Å²) in [5.41, 5.74) is 0. The molecule has 0 aromatic rings. The molecular weight excluding hydrogens is 388 g/mol. The molecule has 0 radical (unpaired) electrons. The van der Waals surface area contributed by atoms with Crippen LogP contribution in [0.15, 0.2) is 24.3 Å². The zero-order valence-electron chi connectivity index (χ0n) is 16.7. The van der Waals surface area contributed by atoms with Crippen LogP contribution in [0, 0.1) is 47.3 Å². The summed E-state index contributed by atoms with van der Waals surface area (Å²) in [5.74, 6) is -4.61. The van der Waals surface area contributed by atoms with Crippen LogP contribution in [0.2, 0.25) is 0 Å². The summed E-state index contributed by atoms with van der Waals surface area (Å²) in [4.78, 5) is 48.0. The van der Waals surface area contributed by atoms with Crippen molar-refractivity contribution in [2.45, 2.75) is 25.7 Å². The molecule has 8 atom stereocenters. The molecule has 4 aliphatic rings. The summed E-state index contributed by atoms with van der Waals surface area (Å²) >= 11 is 0. The number of hydrogen-bond acceptors (Lipinski definition) is 4. The number of carbonyl (C=O) groups excluding carboxylic acids is 2. The number of carbonyl (C=O) groups is 4. The fraction of sp³-hybridized carbons (Fsp3) is 0.636. The number of rotatable bonds is 9. The molecule has 0 spiro atoms. The van der Waals surface area contributed by atoms with Gasteiger partial charge in [-0.15, -0.1) is 0 Å². The Bertz CT molecular complexity index is 739. The van der Waals surface area contributed by atoms with Gasteiger partial charge in [0, 0.05) is 13.1 Å². The zero-order chi connectivity index (χ0) is 21.4. The monoisotopic (exact) mass is 416 g/mol. The lowest BCUT2D eigenvalue weighted by Gasteiger charge is -2.24. The first kappa shape index (κ1) is 20.6. The summed E-state index contributed by atoms with van der Waals surface area (Å²) in [6, 6.07) is 0. The normalized spacial score (nSPS) is 37.5. The first-order valence-corrected chi connectivity index (χ1v) is 10.8. The van der Waals surface area contributed by atoms with Crippen molar-refractivity contribution < 1.29 is 29.4 Å². The van der Waals surface area contributed by atoms with Crippen molar-refractivity contribution in [1.29, 1.82) is 0 Å². The largest absolute Gasteiger partial charge is 0.481 e. The van der Waals surface area contributed by atoms with Gasteiger partial charge in [-0.2, -0.15) is 0 Å². The van der Waals surface area contributed by atoms with Gasteiger partial charge in [0.2, 0.25) is 11.8 Å². The van der Waals surface area contributed by atoms with E-state index in [2.05, 4.69) is 10.6 Å². The van der Waals surface area contributed by atoms with Gasteiger partial charge in [0.15, 0.2) is 0 Å². The van der Waals surface area contributed by atoms with E-state index in [0.29, 0.717) is 25.9 Å². The number of amides is 2. The van der Waals surface area contributed by atoms with E-state index in [4.69, 9.17) is 0 Å². The molecule has 8 heteroatoms. The topological polar surface area (TPSA) is 133 Å². The van der Waals surface area contributed by atoms with Crippen molar-refractivity contribution in [1.82, 2.24) is 10.6 Å². The smallest absolute Gasteiger partial charge is 0.307 e. The third kappa shape index (κ3) is 3.63. The third-order valence-electron chi connectivity index (χ3n) is 7.30. The van der Waals surface area contributed by atoms with Gasteiger partial charge in [0.25, 0.3) is 0 Å². The highest BCUT2D eigenvalue weighted by Crippen LogP contribution is 2.49. The molecule has 2 saturated carbocycles. The molecule has 0 heterocycles. The second-order valence-corrected chi connectivity index (χ2v) is 8.97. The van der Waals surface area contributed by atoms with E-state index in [9.17, 15) is 29.4 Å². The number of carboxylic acids is 2. The molecule has 4 bridgehead atoms. The molecule has 4 N–H and O–H groups in total. The number of aliphatic carboxylic acids is 2. The molecule has 162 valence electrons. The highest BCUT2D eigenvalue weighted by molar-refractivity contribution is 5.87. The number of fused-ring (bicyclic) bond motifs is 4. The SMILES string of the molecule is O=C(O)[C@@H]1[C@@H](C(=O)NCCCCNC(=O)[C@@H]2[C@H](C(=O)O)[C@H]3C=C[C@H]2C3)[C@H]2C=C[C@H]1C2. The van der Waals surface area contributed by atoms with Crippen LogP contribution in [0.5, 0.6) is 0 Å². The highest BCUT2D eigenvalue weighted by Gasteiger charge is 2.52. The van der Waals surface area contributed by atoms with Crippen LogP contribution in [0.3, 0.4) is 0 Å². The highest BCUT2D eigenvalue weighted by atomic mass is 16.4. The van der Waals surface area contributed by atoms with Gasteiger partial charge in [-0.05, 0) is 49.4 Å². The second-order valence-electron chi connectivity index (χ2n) is 8.97. The Balaban J connectivity index is 1.17. The van der Waals surface area contributed by atoms with Gasteiger partial charge < -0.3 is 20.8 Å². The minimum atomic E-state index is -0.912. The molecule has 30 heavy (non-hydrogen) atoms. The van der Waals surface area contributed by atoms with Crippen LogP contribution in [0.1, 0.15) is 25.7 Å². The lowest BCUT2D eigenvalue weighted by atomic mass is 9.82. The van der Waals surface area contributed by atoms with Gasteiger partial charge >= 0.3 is 11.9 Å². The molecule has 2 amide bonds. The molecule has 0 aliphatic heterocycles. The summed E-state index contributed by atoms with van der Waals surface area (Å²) in [7, 11) is 0. The predicted molar refractivity (Wildman–Crippen MR) is 106 cm³/mol. The molecule has 0 aromatic heterocycles. The number of carboxylic acid groups (broad SMARTS) is 2. The Labute approximate surface area is 174 Å². The molecule has 2 fully saturated rings. The molecule has 0 saturated heterocycles. The second kappa shape index (κ2) is 8.24. The number of hydrogen-bond donors (Lipinski definition) is 4. The van der Waals surface area contributed by atoms with E-state index in [-0.39, 0.29) is 35.5 Å². The van der Waals surface area contributed by atoms with Gasteiger partial charge in [-0.1, -0.05) is 24.3 Å². The van der Waals surface area contributed by atoms with Crippen LogP contribution >= 0.6 is 0 Å². The first-order chi connectivity index (χ1) is 14.4. The van der Waals surface area contributed by atoms with Crippen LogP contribution in [0.4, 0.5) is 0 Å². The molecule has 4 aliphatic carbocycles. The van der Waals surface area contributed by atoms with Crippen molar-refractivity contribution >= 4 is 23.8 Å². The van der Waals surface area contributed by atoms with Crippen molar-refractivity contribution in [2.75, 3.05) is 13.1 Å². The van der Waals surface area contributed by atoms with Crippen molar-refractivity contribution in [3.63, 3.8) is 0 Å². The lowest BCUT2D eigenvalue weighted by Crippen LogP contribution is -2.41. The van der Waals surface area contributed by atoms with E-state index in [1.807, 2.05) is 24.3 Å².